The third-order valence-corrected chi connectivity index (χ3v) is 4.85. The van der Waals surface area contributed by atoms with Crippen molar-refractivity contribution in [2.75, 3.05) is 6.54 Å². The lowest BCUT2D eigenvalue weighted by Crippen LogP contribution is -2.38. The molecule has 4 rings (SSSR count). The minimum atomic E-state index is -0.0387. The Morgan fingerprint density at radius 2 is 1.96 bits per heavy atom. The van der Waals surface area contributed by atoms with Crippen LogP contribution in [0.25, 0.3) is 10.8 Å². The quantitative estimate of drug-likeness (QED) is 0.734. The molecule has 0 bridgehead atoms. The molecule has 0 fully saturated rings. The van der Waals surface area contributed by atoms with Gasteiger partial charge >= 0.3 is 0 Å². The van der Waals surface area contributed by atoms with E-state index in [-0.39, 0.29) is 12.1 Å². The summed E-state index contributed by atoms with van der Waals surface area (Å²) in [6, 6.07) is 16.2. The van der Waals surface area contributed by atoms with E-state index in [0.717, 1.165) is 16.8 Å². The predicted octanol–water partition coefficient (Wildman–Crippen LogP) is 4.26. The number of nitrogens with two attached hydrogens (primary N) is 1. The van der Waals surface area contributed by atoms with Gasteiger partial charge in [0.2, 0.25) is 0 Å². The molecule has 2 N–H and O–H groups in total. The third-order valence-electron chi connectivity index (χ3n) is 4.60. The van der Waals surface area contributed by atoms with Gasteiger partial charge in [-0.2, -0.15) is 0 Å². The van der Waals surface area contributed by atoms with E-state index in [1.807, 2.05) is 47.8 Å². The summed E-state index contributed by atoms with van der Waals surface area (Å²) in [5.74, 6) is 0. The second-order valence-corrected chi connectivity index (χ2v) is 6.99. The first-order valence-corrected chi connectivity index (χ1v) is 9.00. The Morgan fingerprint density at radius 1 is 1.12 bits per heavy atom. The first-order valence-electron chi connectivity index (χ1n) is 8.63. The fraction of sp³-hybridized carbons (Fsp3) is 0.190. The molecule has 1 unspecified atom stereocenters. The number of fused-ring (bicyclic) bond motifs is 1. The van der Waals surface area contributed by atoms with Gasteiger partial charge in [-0.05, 0) is 53.3 Å². The van der Waals surface area contributed by atoms with E-state index in [2.05, 4.69) is 29.3 Å². The fourth-order valence-electron chi connectivity index (χ4n) is 3.29. The number of pyridine rings is 1. The second-order valence-electron chi connectivity index (χ2n) is 6.55. The van der Waals surface area contributed by atoms with Gasteiger partial charge in [0.05, 0.1) is 12.6 Å². The van der Waals surface area contributed by atoms with E-state index in [9.17, 15) is 0 Å². The molecule has 0 spiro atoms. The standard InChI is InChI=1S/C21H20ClN3O/c22-19-5-1-15(2-6-19)11-20(23)14-25-21(8-10-26-25)17-3-4-18-13-24-9-7-16(18)12-17/h1-10,12-13,20-21H,11,14,23H2/t20-,21?/m0/s1. The Morgan fingerprint density at radius 3 is 2.81 bits per heavy atom. The summed E-state index contributed by atoms with van der Waals surface area (Å²) in [6.45, 7) is 0.634. The van der Waals surface area contributed by atoms with Crippen LogP contribution in [-0.2, 0) is 11.3 Å². The van der Waals surface area contributed by atoms with Crippen molar-refractivity contribution in [2.45, 2.75) is 18.5 Å². The number of halogens is 1. The largest absolute Gasteiger partial charge is 0.413 e. The van der Waals surface area contributed by atoms with Crippen LogP contribution in [0.2, 0.25) is 5.02 Å². The van der Waals surface area contributed by atoms with Gasteiger partial charge in [0.1, 0.15) is 6.26 Å². The molecule has 1 aliphatic rings. The number of hydroxylamine groups is 2. The number of aromatic nitrogens is 1. The molecule has 132 valence electrons. The monoisotopic (exact) mass is 365 g/mol. The highest BCUT2D eigenvalue weighted by Crippen LogP contribution is 2.29. The molecular formula is C21H20ClN3O. The first kappa shape index (κ1) is 17.0. The van der Waals surface area contributed by atoms with Crippen molar-refractivity contribution in [3.63, 3.8) is 0 Å². The molecule has 4 nitrogen and oxygen atoms in total. The van der Waals surface area contributed by atoms with E-state index >= 15 is 0 Å². The number of benzene rings is 2. The van der Waals surface area contributed by atoms with Crippen molar-refractivity contribution < 1.29 is 4.84 Å². The fourth-order valence-corrected chi connectivity index (χ4v) is 3.41. The van der Waals surface area contributed by atoms with E-state index in [4.69, 9.17) is 22.2 Å². The average molecular weight is 366 g/mol. The smallest absolute Gasteiger partial charge is 0.109 e. The summed E-state index contributed by atoms with van der Waals surface area (Å²) in [4.78, 5) is 9.86. The molecule has 1 aliphatic heterocycles. The van der Waals surface area contributed by atoms with Crippen LogP contribution in [0.3, 0.4) is 0 Å². The zero-order valence-corrected chi connectivity index (χ0v) is 15.0. The first-order chi connectivity index (χ1) is 12.7. The highest BCUT2D eigenvalue weighted by Gasteiger charge is 2.25. The van der Waals surface area contributed by atoms with E-state index in [0.29, 0.717) is 6.54 Å². The van der Waals surface area contributed by atoms with Gasteiger partial charge in [-0.1, -0.05) is 35.9 Å². The van der Waals surface area contributed by atoms with E-state index in [1.165, 1.54) is 16.5 Å². The van der Waals surface area contributed by atoms with Crippen molar-refractivity contribution in [3.05, 3.63) is 89.4 Å². The maximum atomic E-state index is 6.36. The molecule has 2 atom stereocenters. The lowest BCUT2D eigenvalue weighted by atomic mass is 10.0. The molecule has 1 aromatic heterocycles. The van der Waals surface area contributed by atoms with Crippen LogP contribution in [0.15, 0.2) is 73.3 Å². The summed E-state index contributed by atoms with van der Waals surface area (Å²) in [7, 11) is 0. The predicted molar refractivity (Wildman–Crippen MR) is 105 cm³/mol. The normalized spacial score (nSPS) is 18.2. The summed E-state index contributed by atoms with van der Waals surface area (Å²) in [5, 5.41) is 4.97. The second kappa shape index (κ2) is 7.46. The van der Waals surface area contributed by atoms with Gasteiger partial charge in [0.15, 0.2) is 0 Å². The summed E-state index contributed by atoms with van der Waals surface area (Å²) in [6.07, 6.45) is 8.24. The van der Waals surface area contributed by atoms with E-state index < -0.39 is 0 Å². The molecule has 2 heterocycles. The minimum absolute atomic E-state index is 0.0387. The maximum Gasteiger partial charge on any atom is 0.109 e. The lowest BCUT2D eigenvalue weighted by Gasteiger charge is -2.26. The van der Waals surface area contributed by atoms with Crippen LogP contribution in [0.5, 0.6) is 0 Å². The number of rotatable bonds is 5. The zero-order valence-electron chi connectivity index (χ0n) is 14.3. The van der Waals surface area contributed by atoms with Crippen molar-refractivity contribution in [3.8, 4) is 0 Å². The maximum absolute atomic E-state index is 6.36. The number of hydrogen-bond acceptors (Lipinski definition) is 4. The number of hydrogen-bond donors (Lipinski definition) is 1. The van der Waals surface area contributed by atoms with Crippen LogP contribution < -0.4 is 5.73 Å². The molecule has 26 heavy (non-hydrogen) atoms. The van der Waals surface area contributed by atoms with E-state index in [1.54, 1.807) is 6.26 Å². The lowest BCUT2D eigenvalue weighted by molar-refractivity contribution is -0.108. The van der Waals surface area contributed by atoms with Gasteiger partial charge in [0.25, 0.3) is 0 Å². The van der Waals surface area contributed by atoms with Gasteiger partial charge in [0, 0.05) is 28.8 Å². The molecule has 0 amide bonds. The van der Waals surface area contributed by atoms with Crippen LogP contribution in [-0.4, -0.2) is 22.6 Å². The van der Waals surface area contributed by atoms with Gasteiger partial charge in [-0.25, -0.2) is 0 Å². The average Bonchev–Trinajstić information content (AvgIpc) is 3.11. The Kier molecular flexibility index (Phi) is 4.89. The van der Waals surface area contributed by atoms with Gasteiger partial charge < -0.3 is 10.6 Å². The minimum Gasteiger partial charge on any atom is -0.413 e. The van der Waals surface area contributed by atoms with Crippen molar-refractivity contribution in [1.82, 2.24) is 10.0 Å². The van der Waals surface area contributed by atoms with Crippen LogP contribution >= 0.6 is 11.6 Å². The SMILES string of the molecule is N[C@@H](Cc1ccc(Cl)cc1)CN1OC=CC1c1ccc2cnccc2c1. The summed E-state index contributed by atoms with van der Waals surface area (Å²) in [5.41, 5.74) is 8.71. The molecule has 0 aliphatic carbocycles. The molecule has 0 saturated carbocycles. The molecule has 3 aromatic rings. The van der Waals surface area contributed by atoms with Crippen LogP contribution in [0.1, 0.15) is 17.2 Å². The summed E-state index contributed by atoms with van der Waals surface area (Å²) >= 11 is 5.94. The Labute approximate surface area is 157 Å². The van der Waals surface area contributed by atoms with Crippen LogP contribution in [0, 0.1) is 0 Å². The Balaban J connectivity index is 1.46. The van der Waals surface area contributed by atoms with Gasteiger partial charge in [-0.3, -0.25) is 4.98 Å². The third kappa shape index (κ3) is 3.73. The molecule has 0 saturated heterocycles. The highest BCUT2D eigenvalue weighted by molar-refractivity contribution is 6.30. The molecule has 0 radical (unpaired) electrons. The topological polar surface area (TPSA) is 51.4 Å². The molecule has 5 heteroatoms. The van der Waals surface area contributed by atoms with Crippen molar-refractivity contribution in [1.29, 1.82) is 0 Å². The van der Waals surface area contributed by atoms with Crippen molar-refractivity contribution in [2.24, 2.45) is 5.73 Å². The Hall–Kier alpha value is -2.40. The Bertz CT molecular complexity index is 926. The van der Waals surface area contributed by atoms with Gasteiger partial charge in [-0.15, -0.1) is 5.06 Å². The molecule has 2 aromatic carbocycles. The molecular weight excluding hydrogens is 346 g/mol. The summed E-state index contributed by atoms with van der Waals surface area (Å²) < 4.78 is 0. The highest BCUT2D eigenvalue weighted by atomic mass is 35.5. The van der Waals surface area contributed by atoms with Crippen LogP contribution in [0.4, 0.5) is 0 Å². The zero-order chi connectivity index (χ0) is 17.9. The van der Waals surface area contributed by atoms with Crippen molar-refractivity contribution >= 4 is 22.4 Å². The number of nitrogens with zero attached hydrogens (tertiary/aromatic N) is 2.